The fraction of sp³-hybridized carbons (Fsp3) is 0.667. The Hall–Kier alpha value is 0.330. The number of ether oxygens (including phenoxy) is 1. The maximum absolute atomic E-state index is 6.11. The van der Waals surface area contributed by atoms with Crippen molar-refractivity contribution in [2.45, 2.75) is 43.9 Å². The van der Waals surface area contributed by atoms with E-state index in [1.165, 1.54) is 24.2 Å². The summed E-state index contributed by atoms with van der Waals surface area (Å²) >= 11 is 19.4. The average Bonchev–Trinajstić information content (AvgIpc) is 2.71. The summed E-state index contributed by atoms with van der Waals surface area (Å²) in [5.74, 6) is 0. The zero-order chi connectivity index (χ0) is 12.9. The number of hydrogen-bond donors (Lipinski definition) is 0. The largest absolute Gasteiger partial charge is 0.479 e. The summed E-state index contributed by atoms with van der Waals surface area (Å²) in [5, 5.41) is 1.53. The van der Waals surface area contributed by atoms with Gasteiger partial charge in [-0.05, 0) is 32.7 Å². The lowest BCUT2D eigenvalue weighted by Gasteiger charge is -2.36. The molecular weight excluding hydrogens is 313 g/mol. The minimum atomic E-state index is 0.238. The second kappa shape index (κ2) is 5.02. The molecule has 0 saturated carbocycles. The first-order valence-corrected chi connectivity index (χ1v) is 8.03. The van der Waals surface area contributed by atoms with Crippen molar-refractivity contribution >= 4 is 46.1 Å². The van der Waals surface area contributed by atoms with Crippen LogP contribution in [0.5, 0.6) is 5.06 Å². The van der Waals surface area contributed by atoms with Crippen LogP contribution in [0, 0.1) is 0 Å². The molecule has 100 valence electrons. The molecule has 3 atom stereocenters. The van der Waals surface area contributed by atoms with Gasteiger partial charge in [0, 0.05) is 12.1 Å². The first-order chi connectivity index (χ1) is 8.56. The zero-order valence-electron chi connectivity index (χ0n) is 9.96. The highest BCUT2D eigenvalue weighted by Crippen LogP contribution is 2.47. The molecular formula is C12H14Cl3NOS. The number of fused-ring (bicyclic) bond motifs is 2. The van der Waals surface area contributed by atoms with Gasteiger partial charge in [-0.15, -0.1) is 0 Å². The Bertz CT molecular complexity index is 450. The van der Waals surface area contributed by atoms with E-state index in [4.69, 9.17) is 39.5 Å². The lowest BCUT2D eigenvalue weighted by molar-refractivity contribution is 0.0686. The molecule has 0 radical (unpaired) electrons. The lowest BCUT2D eigenvalue weighted by atomic mass is 10.0. The minimum absolute atomic E-state index is 0.238. The summed E-state index contributed by atoms with van der Waals surface area (Å²) in [6.07, 6.45) is 4.93. The molecule has 0 aromatic carbocycles. The molecule has 1 aromatic heterocycles. The second-order valence-corrected chi connectivity index (χ2v) is 7.39. The van der Waals surface area contributed by atoms with Crippen molar-refractivity contribution < 1.29 is 4.74 Å². The molecule has 6 heteroatoms. The minimum Gasteiger partial charge on any atom is -0.479 e. The van der Waals surface area contributed by atoms with Crippen LogP contribution in [0.1, 0.15) is 25.7 Å². The van der Waals surface area contributed by atoms with Crippen LogP contribution in [0.3, 0.4) is 0 Å². The number of piperidine rings is 1. The summed E-state index contributed by atoms with van der Waals surface area (Å²) in [7, 11) is 2.21. The fourth-order valence-electron chi connectivity index (χ4n) is 3.03. The topological polar surface area (TPSA) is 12.5 Å². The summed E-state index contributed by atoms with van der Waals surface area (Å²) < 4.78 is 6.51. The summed E-state index contributed by atoms with van der Waals surface area (Å²) in [4.78, 5) is 2.48. The normalized spacial score (nSPS) is 31.9. The van der Waals surface area contributed by atoms with Gasteiger partial charge in [-0.1, -0.05) is 46.1 Å². The smallest absolute Gasteiger partial charge is 0.196 e. The first-order valence-electron chi connectivity index (χ1n) is 6.08. The zero-order valence-corrected chi connectivity index (χ0v) is 13.0. The molecule has 18 heavy (non-hydrogen) atoms. The van der Waals surface area contributed by atoms with E-state index in [-0.39, 0.29) is 6.10 Å². The van der Waals surface area contributed by atoms with Crippen molar-refractivity contribution in [2.75, 3.05) is 7.05 Å². The van der Waals surface area contributed by atoms with Crippen molar-refractivity contribution in [3.63, 3.8) is 0 Å². The predicted molar refractivity (Wildman–Crippen MR) is 77.6 cm³/mol. The molecule has 1 aromatic rings. The van der Waals surface area contributed by atoms with Crippen LogP contribution in [0.25, 0.3) is 0 Å². The summed E-state index contributed by atoms with van der Waals surface area (Å²) in [6, 6.07) is 1.30. The third-order valence-corrected chi connectivity index (χ3v) is 6.50. The van der Waals surface area contributed by atoms with E-state index in [0.29, 0.717) is 31.5 Å². The fourth-order valence-corrected chi connectivity index (χ4v) is 4.68. The molecule has 2 nitrogen and oxygen atoms in total. The summed E-state index contributed by atoms with van der Waals surface area (Å²) in [5.41, 5.74) is 0. The maximum atomic E-state index is 6.11. The van der Waals surface area contributed by atoms with Gasteiger partial charge in [0.15, 0.2) is 5.06 Å². The van der Waals surface area contributed by atoms with Crippen LogP contribution in [-0.2, 0) is 0 Å². The van der Waals surface area contributed by atoms with Crippen LogP contribution < -0.4 is 4.74 Å². The van der Waals surface area contributed by atoms with E-state index in [2.05, 4.69) is 11.9 Å². The molecule has 0 N–H and O–H groups in total. The molecule has 2 fully saturated rings. The van der Waals surface area contributed by atoms with Gasteiger partial charge in [0.1, 0.15) is 15.5 Å². The van der Waals surface area contributed by atoms with Gasteiger partial charge < -0.3 is 9.64 Å². The molecule has 2 aliphatic heterocycles. The van der Waals surface area contributed by atoms with Crippen LogP contribution in [0.15, 0.2) is 0 Å². The molecule has 3 heterocycles. The number of thiophene rings is 1. The van der Waals surface area contributed by atoms with Crippen molar-refractivity contribution in [3.8, 4) is 5.06 Å². The van der Waals surface area contributed by atoms with Gasteiger partial charge in [0.2, 0.25) is 0 Å². The quantitative estimate of drug-likeness (QED) is 0.780. The lowest BCUT2D eigenvalue weighted by Crippen LogP contribution is -2.43. The highest BCUT2D eigenvalue weighted by Gasteiger charge is 2.39. The van der Waals surface area contributed by atoms with E-state index in [1.807, 2.05) is 0 Å². The third kappa shape index (κ3) is 2.25. The van der Waals surface area contributed by atoms with Crippen LogP contribution in [0.2, 0.25) is 14.4 Å². The highest BCUT2D eigenvalue weighted by molar-refractivity contribution is 7.19. The highest BCUT2D eigenvalue weighted by atomic mass is 35.5. The standard InChI is InChI=1S/C12H14Cl3NOS/c1-16-6-2-3-7(16)5-8(4-6)17-12-10(14)9(13)11(15)18-12/h6-8H,2-5H2,1H3/t6-,7+,8+. The van der Waals surface area contributed by atoms with Crippen LogP contribution in [0.4, 0.5) is 0 Å². The Labute approximate surface area is 126 Å². The van der Waals surface area contributed by atoms with Gasteiger partial charge in [0.25, 0.3) is 0 Å². The molecule has 2 saturated heterocycles. The van der Waals surface area contributed by atoms with E-state index in [9.17, 15) is 0 Å². The molecule has 0 amide bonds. The van der Waals surface area contributed by atoms with Gasteiger partial charge >= 0.3 is 0 Å². The molecule has 2 aliphatic rings. The number of halogens is 3. The molecule has 2 bridgehead atoms. The van der Waals surface area contributed by atoms with Crippen molar-refractivity contribution in [1.82, 2.24) is 4.90 Å². The van der Waals surface area contributed by atoms with Gasteiger partial charge in [0.05, 0.1) is 5.02 Å². The van der Waals surface area contributed by atoms with E-state index < -0.39 is 0 Å². The predicted octanol–water partition coefficient (Wildman–Crippen LogP) is 4.71. The van der Waals surface area contributed by atoms with Crippen molar-refractivity contribution in [3.05, 3.63) is 14.4 Å². The molecule has 0 aliphatic carbocycles. The summed E-state index contributed by atoms with van der Waals surface area (Å²) in [6.45, 7) is 0. The second-order valence-electron chi connectivity index (χ2n) is 5.05. The van der Waals surface area contributed by atoms with Gasteiger partial charge in [-0.25, -0.2) is 0 Å². The van der Waals surface area contributed by atoms with E-state index >= 15 is 0 Å². The monoisotopic (exact) mass is 325 g/mol. The Kier molecular flexibility index (Phi) is 3.72. The third-order valence-electron chi connectivity index (χ3n) is 4.06. The Morgan fingerprint density at radius 3 is 2.22 bits per heavy atom. The maximum Gasteiger partial charge on any atom is 0.196 e. The first kappa shape index (κ1) is 13.3. The SMILES string of the molecule is CN1[C@@H]2CC[C@H]1C[C@@H](Oc1sc(Cl)c(Cl)c1Cl)C2. The Morgan fingerprint density at radius 1 is 1.11 bits per heavy atom. The van der Waals surface area contributed by atoms with Crippen molar-refractivity contribution in [1.29, 1.82) is 0 Å². The Morgan fingerprint density at radius 2 is 1.72 bits per heavy atom. The van der Waals surface area contributed by atoms with Gasteiger partial charge in [-0.2, -0.15) is 0 Å². The van der Waals surface area contributed by atoms with E-state index in [1.54, 1.807) is 0 Å². The molecule has 0 unspecified atom stereocenters. The van der Waals surface area contributed by atoms with Crippen LogP contribution in [-0.4, -0.2) is 30.1 Å². The van der Waals surface area contributed by atoms with Gasteiger partial charge in [-0.3, -0.25) is 0 Å². The molecule has 3 rings (SSSR count). The Balaban J connectivity index is 1.72. The average molecular weight is 327 g/mol. The molecule has 0 spiro atoms. The number of hydrogen-bond acceptors (Lipinski definition) is 3. The van der Waals surface area contributed by atoms with E-state index in [0.717, 1.165) is 12.8 Å². The number of rotatable bonds is 2. The number of nitrogens with zero attached hydrogens (tertiary/aromatic N) is 1. The van der Waals surface area contributed by atoms with Crippen LogP contribution >= 0.6 is 46.1 Å². The van der Waals surface area contributed by atoms with Crippen molar-refractivity contribution in [2.24, 2.45) is 0 Å².